The highest BCUT2D eigenvalue weighted by Gasteiger charge is 2.31. The fourth-order valence-electron chi connectivity index (χ4n) is 2.24. The summed E-state index contributed by atoms with van der Waals surface area (Å²) in [6.45, 7) is 2.25. The maximum atomic E-state index is 6.04. The van der Waals surface area contributed by atoms with Crippen LogP contribution in [0.25, 0.3) is 0 Å². The average molecular weight is 282 g/mol. The molecule has 0 spiro atoms. The summed E-state index contributed by atoms with van der Waals surface area (Å²) in [5.74, 6) is 1.78. The van der Waals surface area contributed by atoms with Crippen molar-refractivity contribution in [2.45, 2.75) is 31.8 Å². The van der Waals surface area contributed by atoms with Gasteiger partial charge in [0, 0.05) is 10.9 Å². The van der Waals surface area contributed by atoms with E-state index in [9.17, 15) is 0 Å². The van der Waals surface area contributed by atoms with Gasteiger partial charge in [-0.05, 0) is 49.9 Å². The molecule has 2 aromatic rings. The minimum atomic E-state index is 0.119. The van der Waals surface area contributed by atoms with Crippen LogP contribution in [-0.4, -0.2) is 6.04 Å². The Hall–Kier alpha value is -0.770. The number of hydrogen-bond acceptors (Lipinski definition) is 3. The molecule has 96 valence electrons. The summed E-state index contributed by atoms with van der Waals surface area (Å²) in [4.78, 5) is 1.21. The lowest BCUT2D eigenvalue weighted by molar-refractivity contribution is 0.399. The first kappa shape index (κ1) is 12.3. The summed E-state index contributed by atoms with van der Waals surface area (Å²) in [6.07, 6.45) is 4.40. The van der Waals surface area contributed by atoms with E-state index in [1.54, 1.807) is 17.6 Å². The molecule has 2 nitrogen and oxygen atoms in total. The maximum absolute atomic E-state index is 6.04. The smallest absolute Gasteiger partial charge is 0.126 e. The van der Waals surface area contributed by atoms with Gasteiger partial charge in [0.2, 0.25) is 0 Å². The second-order valence-electron chi connectivity index (χ2n) is 4.88. The molecule has 4 heteroatoms. The van der Waals surface area contributed by atoms with Crippen LogP contribution in [0.5, 0.6) is 0 Å². The number of thiophene rings is 1. The molecule has 1 aliphatic carbocycles. The highest BCUT2D eigenvalue weighted by molar-refractivity contribution is 7.16. The topological polar surface area (TPSA) is 25.2 Å². The zero-order valence-corrected chi connectivity index (χ0v) is 11.8. The van der Waals surface area contributed by atoms with Crippen molar-refractivity contribution >= 4 is 22.9 Å². The molecule has 1 fully saturated rings. The van der Waals surface area contributed by atoms with Crippen LogP contribution in [0.1, 0.15) is 36.4 Å². The van der Waals surface area contributed by atoms with Crippen LogP contribution in [0, 0.1) is 5.92 Å². The molecule has 0 amide bonds. The van der Waals surface area contributed by atoms with Crippen molar-refractivity contribution in [3.05, 3.63) is 45.5 Å². The van der Waals surface area contributed by atoms with Gasteiger partial charge >= 0.3 is 0 Å². The molecule has 2 unspecified atom stereocenters. The van der Waals surface area contributed by atoms with Crippen molar-refractivity contribution in [2.75, 3.05) is 0 Å². The van der Waals surface area contributed by atoms with Gasteiger partial charge in [-0.2, -0.15) is 0 Å². The van der Waals surface area contributed by atoms with Crippen molar-refractivity contribution < 1.29 is 4.42 Å². The standard InChI is InChI=1S/C14H16ClNOS/c1-9(10-4-5-10)16-14(11-3-2-8-17-11)12-6-7-13(15)18-12/h2-3,6-10,14,16H,4-5H2,1H3. The van der Waals surface area contributed by atoms with E-state index in [1.165, 1.54) is 17.7 Å². The van der Waals surface area contributed by atoms with Crippen molar-refractivity contribution in [1.29, 1.82) is 0 Å². The summed E-state index contributed by atoms with van der Waals surface area (Å²) in [7, 11) is 0. The number of halogens is 1. The highest BCUT2D eigenvalue weighted by atomic mass is 35.5. The molecule has 0 radical (unpaired) electrons. The molecule has 1 N–H and O–H groups in total. The van der Waals surface area contributed by atoms with E-state index in [-0.39, 0.29) is 6.04 Å². The number of hydrogen-bond donors (Lipinski definition) is 1. The van der Waals surface area contributed by atoms with Crippen LogP contribution in [0.4, 0.5) is 0 Å². The summed E-state index contributed by atoms with van der Waals surface area (Å²) in [6, 6.07) is 8.61. The summed E-state index contributed by atoms with van der Waals surface area (Å²) >= 11 is 7.65. The normalized spacial score (nSPS) is 18.8. The SMILES string of the molecule is CC(NC(c1ccco1)c1ccc(Cl)s1)C1CC1. The van der Waals surface area contributed by atoms with Crippen molar-refractivity contribution in [1.82, 2.24) is 5.32 Å². The Balaban J connectivity index is 1.83. The molecule has 0 aliphatic heterocycles. The first-order chi connectivity index (χ1) is 8.74. The lowest BCUT2D eigenvalue weighted by Gasteiger charge is -2.20. The van der Waals surface area contributed by atoms with Crippen molar-refractivity contribution in [3.63, 3.8) is 0 Å². The van der Waals surface area contributed by atoms with Gasteiger partial charge in [-0.25, -0.2) is 0 Å². The monoisotopic (exact) mass is 281 g/mol. The van der Waals surface area contributed by atoms with Crippen LogP contribution >= 0.6 is 22.9 Å². The first-order valence-corrected chi connectivity index (χ1v) is 7.48. The Morgan fingerprint density at radius 1 is 1.39 bits per heavy atom. The maximum Gasteiger partial charge on any atom is 0.126 e. The first-order valence-electron chi connectivity index (χ1n) is 6.28. The van der Waals surface area contributed by atoms with Gasteiger partial charge in [0.05, 0.1) is 10.6 Å². The van der Waals surface area contributed by atoms with Crippen LogP contribution in [0.3, 0.4) is 0 Å². The zero-order valence-electron chi connectivity index (χ0n) is 10.2. The van der Waals surface area contributed by atoms with Crippen LogP contribution in [0.15, 0.2) is 34.9 Å². The van der Waals surface area contributed by atoms with Gasteiger partial charge < -0.3 is 9.73 Å². The molecule has 0 aromatic carbocycles. The third kappa shape index (κ3) is 2.63. The molecule has 1 aliphatic rings. The number of furan rings is 1. The molecular formula is C14H16ClNOS. The molecular weight excluding hydrogens is 266 g/mol. The minimum absolute atomic E-state index is 0.119. The fraction of sp³-hybridized carbons (Fsp3) is 0.429. The van der Waals surface area contributed by atoms with Crippen molar-refractivity contribution in [2.24, 2.45) is 5.92 Å². The van der Waals surface area contributed by atoms with E-state index >= 15 is 0 Å². The summed E-state index contributed by atoms with van der Waals surface area (Å²) < 4.78 is 6.38. The Bertz CT molecular complexity index is 504. The second-order valence-corrected chi connectivity index (χ2v) is 6.63. The summed E-state index contributed by atoms with van der Waals surface area (Å²) in [5, 5.41) is 3.67. The van der Waals surface area contributed by atoms with E-state index < -0.39 is 0 Å². The fourth-order valence-corrected chi connectivity index (χ4v) is 3.37. The van der Waals surface area contributed by atoms with Gasteiger partial charge in [-0.15, -0.1) is 11.3 Å². The van der Waals surface area contributed by atoms with Crippen LogP contribution in [0.2, 0.25) is 4.34 Å². The van der Waals surface area contributed by atoms with Crippen LogP contribution < -0.4 is 5.32 Å². The van der Waals surface area contributed by atoms with Gasteiger partial charge in [-0.1, -0.05) is 11.6 Å². The van der Waals surface area contributed by atoms with Gasteiger partial charge in [0.1, 0.15) is 11.8 Å². The Morgan fingerprint density at radius 2 is 2.22 bits per heavy atom. The third-order valence-electron chi connectivity index (χ3n) is 3.46. The average Bonchev–Trinajstić information content (AvgIpc) is 2.90. The quantitative estimate of drug-likeness (QED) is 0.875. The lowest BCUT2D eigenvalue weighted by Crippen LogP contribution is -2.32. The van der Waals surface area contributed by atoms with E-state index in [0.29, 0.717) is 6.04 Å². The highest BCUT2D eigenvalue weighted by Crippen LogP contribution is 2.36. The Kier molecular flexibility index (Phi) is 3.46. The van der Waals surface area contributed by atoms with E-state index in [2.05, 4.69) is 18.3 Å². The summed E-state index contributed by atoms with van der Waals surface area (Å²) in [5.41, 5.74) is 0. The molecule has 3 rings (SSSR count). The zero-order chi connectivity index (χ0) is 12.5. The molecule has 1 saturated carbocycles. The molecule has 2 heterocycles. The second kappa shape index (κ2) is 5.08. The Morgan fingerprint density at radius 3 is 2.78 bits per heavy atom. The largest absolute Gasteiger partial charge is 0.467 e. The molecule has 0 saturated heterocycles. The minimum Gasteiger partial charge on any atom is -0.467 e. The predicted molar refractivity (Wildman–Crippen MR) is 75.2 cm³/mol. The lowest BCUT2D eigenvalue weighted by atomic mass is 10.1. The molecule has 2 aromatic heterocycles. The Labute approximate surface area is 116 Å². The van der Waals surface area contributed by atoms with Crippen molar-refractivity contribution in [3.8, 4) is 0 Å². The van der Waals surface area contributed by atoms with Gasteiger partial charge in [0.15, 0.2) is 0 Å². The van der Waals surface area contributed by atoms with E-state index in [1.807, 2.05) is 18.2 Å². The number of rotatable bonds is 5. The van der Waals surface area contributed by atoms with Gasteiger partial charge in [-0.3, -0.25) is 0 Å². The van der Waals surface area contributed by atoms with E-state index in [0.717, 1.165) is 16.0 Å². The van der Waals surface area contributed by atoms with E-state index in [4.69, 9.17) is 16.0 Å². The predicted octanol–water partition coefficient (Wildman–Crippen LogP) is 4.47. The molecule has 0 bridgehead atoms. The third-order valence-corrected chi connectivity index (χ3v) is 4.76. The van der Waals surface area contributed by atoms with Gasteiger partial charge in [0.25, 0.3) is 0 Å². The van der Waals surface area contributed by atoms with Crippen LogP contribution in [-0.2, 0) is 0 Å². The number of nitrogens with one attached hydrogen (secondary N) is 1. The molecule has 18 heavy (non-hydrogen) atoms. The molecule has 2 atom stereocenters.